The van der Waals surface area contributed by atoms with E-state index in [0.29, 0.717) is 24.9 Å². The molecule has 0 saturated carbocycles. The van der Waals surface area contributed by atoms with E-state index in [-0.39, 0.29) is 52.7 Å². The summed E-state index contributed by atoms with van der Waals surface area (Å²) >= 11 is 0. The van der Waals surface area contributed by atoms with Gasteiger partial charge in [0, 0.05) is 31.4 Å². The van der Waals surface area contributed by atoms with Crippen molar-refractivity contribution in [3.8, 4) is 17.1 Å². The van der Waals surface area contributed by atoms with Crippen LogP contribution < -0.4 is 15.0 Å². The molecule has 2 fully saturated rings. The van der Waals surface area contributed by atoms with Gasteiger partial charge in [-0.25, -0.2) is 23.5 Å². The van der Waals surface area contributed by atoms with Crippen LogP contribution in [0.1, 0.15) is 27.3 Å². The van der Waals surface area contributed by atoms with Crippen LogP contribution in [0, 0.1) is 11.6 Å². The number of methoxy groups -OCH3 is 1. The minimum atomic E-state index is -1.01. The predicted molar refractivity (Wildman–Crippen MR) is 128 cm³/mol. The number of carbonyl (C=O) groups is 3. The molecule has 2 amide bonds. The third-order valence-corrected chi connectivity index (χ3v) is 6.59. The van der Waals surface area contributed by atoms with E-state index < -0.39 is 23.6 Å². The Kier molecular flexibility index (Phi) is 6.15. The number of halogens is 2. The Morgan fingerprint density at radius 3 is 2.65 bits per heavy atom. The summed E-state index contributed by atoms with van der Waals surface area (Å²) in [6.45, 7) is 0.579. The Morgan fingerprint density at radius 1 is 1.16 bits per heavy atom. The molecule has 2 unspecified atom stereocenters. The highest BCUT2D eigenvalue weighted by atomic mass is 19.1. The van der Waals surface area contributed by atoms with Gasteiger partial charge in [-0.05, 0) is 30.7 Å². The normalized spacial score (nSPS) is 18.1. The van der Waals surface area contributed by atoms with Gasteiger partial charge in [0.25, 0.3) is 5.91 Å². The van der Waals surface area contributed by atoms with Crippen molar-refractivity contribution in [1.29, 1.82) is 0 Å². The number of rotatable bonds is 6. The average Bonchev–Trinajstić information content (AvgIpc) is 3.50. The number of anilines is 2. The molecule has 3 heterocycles. The van der Waals surface area contributed by atoms with Crippen molar-refractivity contribution in [2.75, 3.05) is 30.4 Å². The number of nitrogens with zero attached hydrogens (tertiary/aromatic N) is 4. The van der Waals surface area contributed by atoms with Crippen molar-refractivity contribution < 1.29 is 33.0 Å². The van der Waals surface area contributed by atoms with Crippen LogP contribution in [0.5, 0.6) is 5.75 Å². The second kappa shape index (κ2) is 9.45. The number of likely N-dealkylation sites (tertiary alicyclic amines) is 1. The van der Waals surface area contributed by atoms with E-state index in [9.17, 15) is 28.3 Å². The van der Waals surface area contributed by atoms with Gasteiger partial charge in [-0.15, -0.1) is 0 Å². The van der Waals surface area contributed by atoms with E-state index >= 15 is 0 Å². The molecule has 3 aromatic rings. The van der Waals surface area contributed by atoms with Gasteiger partial charge in [0.1, 0.15) is 23.1 Å². The van der Waals surface area contributed by atoms with Crippen LogP contribution in [0.2, 0.25) is 0 Å². The summed E-state index contributed by atoms with van der Waals surface area (Å²) in [7, 11) is 1.37. The van der Waals surface area contributed by atoms with Gasteiger partial charge in [-0.2, -0.15) is 0 Å². The van der Waals surface area contributed by atoms with Crippen LogP contribution in [0.3, 0.4) is 0 Å². The first-order chi connectivity index (χ1) is 17.8. The molecule has 2 N–H and O–H groups in total. The largest absolute Gasteiger partial charge is 0.496 e. The number of aldehydes is 1. The maximum absolute atomic E-state index is 14.6. The minimum absolute atomic E-state index is 0.0159. The van der Waals surface area contributed by atoms with Gasteiger partial charge in [-0.3, -0.25) is 9.59 Å². The lowest BCUT2D eigenvalue weighted by Gasteiger charge is -2.35. The van der Waals surface area contributed by atoms with Crippen LogP contribution in [0.15, 0.2) is 42.6 Å². The summed E-state index contributed by atoms with van der Waals surface area (Å²) in [4.78, 5) is 47.5. The maximum atomic E-state index is 14.6. The lowest BCUT2D eigenvalue weighted by molar-refractivity contribution is 0.102. The smallest absolute Gasteiger partial charge is 0.407 e. The number of hydrogen-bond donors (Lipinski definition) is 2. The lowest BCUT2D eigenvalue weighted by atomic mass is 10.1. The van der Waals surface area contributed by atoms with Crippen LogP contribution in [-0.2, 0) is 0 Å². The van der Waals surface area contributed by atoms with Crippen molar-refractivity contribution in [1.82, 2.24) is 14.9 Å². The number of carbonyl (C=O) groups excluding carboxylic acids is 2. The maximum Gasteiger partial charge on any atom is 0.407 e. The summed E-state index contributed by atoms with van der Waals surface area (Å²) in [5.74, 6) is -2.06. The summed E-state index contributed by atoms with van der Waals surface area (Å²) in [6, 6.07) is 7.47. The Morgan fingerprint density at radius 2 is 1.97 bits per heavy atom. The first-order valence-electron chi connectivity index (χ1n) is 11.3. The standard InChI is InChI=1S/C25H21F2N5O5/c1-37-21-4-2-3-16(26)22(21)23-28-6-5-18(29-23)24(34)30-19-9-17(27)13(12-33)7-20(19)31-10-15-8-14(31)11-32(15)25(35)36/h2-7,9,12,14-15H,8,10-11H2,1H3,(H,30,34)(H,35,36). The summed E-state index contributed by atoms with van der Waals surface area (Å²) < 4.78 is 34.3. The van der Waals surface area contributed by atoms with Gasteiger partial charge in [-0.1, -0.05) is 6.07 Å². The van der Waals surface area contributed by atoms with Crippen LogP contribution in [0.25, 0.3) is 11.4 Å². The number of aromatic nitrogens is 2. The molecule has 10 nitrogen and oxygen atoms in total. The van der Waals surface area contributed by atoms with Crippen molar-refractivity contribution in [3.05, 3.63) is 65.5 Å². The van der Waals surface area contributed by atoms with Crippen LogP contribution in [-0.4, -0.2) is 70.5 Å². The quantitative estimate of drug-likeness (QED) is 0.485. The predicted octanol–water partition coefficient (Wildman–Crippen LogP) is 3.44. The second-order valence-electron chi connectivity index (χ2n) is 8.68. The Bertz CT molecular complexity index is 1420. The molecular weight excluding hydrogens is 488 g/mol. The first-order valence-corrected chi connectivity index (χ1v) is 11.3. The van der Waals surface area contributed by atoms with Gasteiger partial charge in [0.2, 0.25) is 0 Å². The van der Waals surface area contributed by atoms with Crippen molar-refractivity contribution in [3.63, 3.8) is 0 Å². The summed E-state index contributed by atoms with van der Waals surface area (Å²) in [5, 5.41) is 12.0. The number of nitrogens with one attached hydrogen (secondary N) is 1. The molecule has 2 saturated heterocycles. The highest BCUT2D eigenvalue weighted by Gasteiger charge is 2.46. The molecule has 0 spiro atoms. The third-order valence-electron chi connectivity index (χ3n) is 6.59. The zero-order valence-corrected chi connectivity index (χ0v) is 19.5. The molecule has 37 heavy (non-hydrogen) atoms. The average molecular weight is 509 g/mol. The Labute approximate surface area is 209 Å². The minimum Gasteiger partial charge on any atom is -0.496 e. The number of ether oxygens (including phenoxy) is 1. The highest BCUT2D eigenvalue weighted by molar-refractivity contribution is 6.05. The molecule has 2 bridgehead atoms. The molecule has 1 aromatic heterocycles. The molecular formula is C25H21F2N5O5. The number of fused-ring (bicyclic) bond motifs is 2. The summed E-state index contributed by atoms with van der Waals surface area (Å²) in [5.41, 5.74) is 0.159. The fraction of sp³-hybridized carbons (Fsp3) is 0.240. The van der Waals surface area contributed by atoms with Gasteiger partial charge in [0.15, 0.2) is 12.1 Å². The molecule has 190 valence electrons. The fourth-order valence-corrected chi connectivity index (χ4v) is 4.89. The number of amides is 2. The van der Waals surface area contributed by atoms with Crippen molar-refractivity contribution in [2.24, 2.45) is 0 Å². The number of benzene rings is 2. The molecule has 2 aliphatic heterocycles. The monoisotopic (exact) mass is 509 g/mol. The third kappa shape index (κ3) is 4.30. The van der Waals surface area contributed by atoms with Crippen LogP contribution in [0.4, 0.5) is 25.0 Å². The van der Waals surface area contributed by atoms with Crippen LogP contribution >= 0.6 is 0 Å². The highest BCUT2D eigenvalue weighted by Crippen LogP contribution is 2.39. The van der Waals surface area contributed by atoms with E-state index in [1.807, 2.05) is 4.90 Å². The van der Waals surface area contributed by atoms with Gasteiger partial charge < -0.3 is 25.0 Å². The SMILES string of the molecule is COc1cccc(F)c1-c1nccc(C(=O)Nc2cc(F)c(C=O)cc2N2CC3CC2CN3C(=O)O)n1. The lowest BCUT2D eigenvalue weighted by Crippen LogP contribution is -2.48. The van der Waals surface area contributed by atoms with E-state index in [1.165, 1.54) is 48.5 Å². The molecule has 2 aliphatic rings. The molecule has 0 radical (unpaired) electrons. The van der Waals surface area contributed by atoms with E-state index in [4.69, 9.17) is 4.74 Å². The van der Waals surface area contributed by atoms with Gasteiger partial charge in [0.05, 0.1) is 35.7 Å². The molecule has 2 atom stereocenters. The molecule has 2 aromatic carbocycles. The number of hydrogen-bond acceptors (Lipinski definition) is 7. The number of piperazine rings is 1. The zero-order valence-electron chi connectivity index (χ0n) is 19.5. The Hall–Kier alpha value is -4.61. The number of carboxylic acid groups (broad SMARTS) is 1. The topological polar surface area (TPSA) is 125 Å². The Balaban J connectivity index is 1.46. The van der Waals surface area contributed by atoms with E-state index in [0.717, 1.165) is 6.07 Å². The van der Waals surface area contributed by atoms with Crippen molar-refractivity contribution >= 4 is 29.7 Å². The van der Waals surface area contributed by atoms with Gasteiger partial charge >= 0.3 is 6.09 Å². The first kappa shape index (κ1) is 24.1. The fourth-order valence-electron chi connectivity index (χ4n) is 4.89. The summed E-state index contributed by atoms with van der Waals surface area (Å²) in [6.07, 6.45) is 1.23. The molecule has 12 heteroatoms. The van der Waals surface area contributed by atoms with E-state index in [1.54, 1.807) is 0 Å². The molecule has 0 aliphatic carbocycles. The van der Waals surface area contributed by atoms with Crippen molar-refractivity contribution in [2.45, 2.75) is 18.5 Å². The van der Waals surface area contributed by atoms with E-state index in [2.05, 4.69) is 15.3 Å². The molecule has 5 rings (SSSR count). The second-order valence-corrected chi connectivity index (χ2v) is 8.68. The zero-order chi connectivity index (χ0) is 26.3.